The number of nitrogens with one attached hydrogen (secondary N) is 1. The first-order chi connectivity index (χ1) is 12.5. The van der Waals surface area contributed by atoms with E-state index in [0.29, 0.717) is 0 Å². The molecule has 1 amide bonds. The van der Waals surface area contributed by atoms with Crippen molar-refractivity contribution in [2.24, 2.45) is 0 Å². The molecule has 0 radical (unpaired) electrons. The van der Waals surface area contributed by atoms with Crippen LogP contribution in [0.3, 0.4) is 0 Å². The molecule has 0 unspecified atom stereocenters. The Kier molecular flexibility index (Phi) is 6.20. The highest BCUT2D eigenvalue weighted by Gasteiger charge is 2.23. The van der Waals surface area contributed by atoms with Crippen molar-refractivity contribution in [2.45, 2.75) is 26.8 Å². The summed E-state index contributed by atoms with van der Waals surface area (Å²) in [7, 11) is -3.87. The van der Waals surface area contributed by atoms with Crippen molar-refractivity contribution in [3.05, 3.63) is 64.7 Å². The van der Waals surface area contributed by atoms with Gasteiger partial charge in [0, 0.05) is 6.07 Å². The summed E-state index contributed by atoms with van der Waals surface area (Å²) in [5.41, 5.74) is 2.83. The summed E-state index contributed by atoms with van der Waals surface area (Å²) in [4.78, 5) is 12.4. The number of amides is 1. The minimum atomic E-state index is -3.87. The second-order valence-corrected chi connectivity index (χ2v) is 8.42. The smallest absolute Gasteiger partial charge is 0.241 e. The number of nitrogens with zero attached hydrogens (tertiary/aromatic N) is 1. The zero-order valence-corrected chi connectivity index (χ0v) is 16.4. The predicted molar refractivity (Wildman–Crippen MR) is 101 cm³/mol. The van der Waals surface area contributed by atoms with Crippen molar-refractivity contribution in [3.8, 4) is 0 Å². The fourth-order valence-corrected chi connectivity index (χ4v) is 3.61. The summed E-state index contributed by atoms with van der Waals surface area (Å²) >= 11 is 0. The van der Waals surface area contributed by atoms with E-state index in [-0.39, 0.29) is 11.7 Å². The Morgan fingerprint density at radius 1 is 1.11 bits per heavy atom. The molecule has 0 bridgehead atoms. The van der Waals surface area contributed by atoms with Crippen molar-refractivity contribution in [1.82, 2.24) is 5.32 Å². The Bertz CT molecular complexity index is 961. The molecular weight excluding hydrogens is 374 g/mol. The minimum absolute atomic E-state index is 0.120. The standard InChI is InChI=1S/C19H22F2N2O3S/c1-12-5-6-13(2)16(9-12)14(3)22-19(24)11-23(27(4,25)26)15-7-8-17(20)18(21)10-15/h5-10,14H,11H2,1-4H3,(H,22,24)/t14-/m0/s1. The van der Waals surface area contributed by atoms with Crippen molar-refractivity contribution in [2.75, 3.05) is 17.1 Å². The van der Waals surface area contributed by atoms with Gasteiger partial charge in [0.05, 0.1) is 18.0 Å². The number of carbonyl (C=O) groups is 1. The summed E-state index contributed by atoms with van der Waals surface area (Å²) in [5.74, 6) is -2.84. The lowest BCUT2D eigenvalue weighted by molar-refractivity contribution is -0.120. The molecule has 2 rings (SSSR count). The van der Waals surface area contributed by atoms with Gasteiger partial charge < -0.3 is 5.32 Å². The topological polar surface area (TPSA) is 66.5 Å². The predicted octanol–water partition coefficient (Wildman–Crippen LogP) is 3.23. The Morgan fingerprint density at radius 3 is 2.37 bits per heavy atom. The van der Waals surface area contributed by atoms with E-state index in [2.05, 4.69) is 5.32 Å². The largest absolute Gasteiger partial charge is 0.348 e. The van der Waals surface area contributed by atoms with Crippen LogP contribution in [0.25, 0.3) is 0 Å². The van der Waals surface area contributed by atoms with Gasteiger partial charge in [-0.15, -0.1) is 0 Å². The lowest BCUT2D eigenvalue weighted by Crippen LogP contribution is -2.41. The number of hydrogen-bond donors (Lipinski definition) is 1. The number of hydrogen-bond acceptors (Lipinski definition) is 3. The second kappa shape index (κ2) is 8.04. The van der Waals surface area contributed by atoms with E-state index < -0.39 is 34.1 Å². The summed E-state index contributed by atoms with van der Waals surface area (Å²) < 4.78 is 51.4. The van der Waals surface area contributed by atoms with Crippen LogP contribution in [0.4, 0.5) is 14.5 Å². The first kappa shape index (κ1) is 20.8. The normalized spacial score (nSPS) is 12.5. The minimum Gasteiger partial charge on any atom is -0.348 e. The lowest BCUT2D eigenvalue weighted by atomic mass is 10.00. The molecule has 2 aromatic carbocycles. The fourth-order valence-electron chi connectivity index (χ4n) is 2.76. The maximum atomic E-state index is 13.5. The monoisotopic (exact) mass is 396 g/mol. The third-order valence-corrected chi connectivity index (χ3v) is 5.30. The van der Waals surface area contributed by atoms with Gasteiger partial charge in [-0.25, -0.2) is 17.2 Å². The van der Waals surface area contributed by atoms with Crippen LogP contribution in [0.1, 0.15) is 29.7 Å². The molecule has 27 heavy (non-hydrogen) atoms. The highest BCUT2D eigenvalue weighted by Crippen LogP contribution is 2.22. The van der Waals surface area contributed by atoms with Crippen molar-refractivity contribution >= 4 is 21.6 Å². The third-order valence-electron chi connectivity index (χ3n) is 4.16. The van der Waals surface area contributed by atoms with Gasteiger partial charge in [-0.2, -0.15) is 0 Å². The van der Waals surface area contributed by atoms with Crippen molar-refractivity contribution in [1.29, 1.82) is 0 Å². The second-order valence-electron chi connectivity index (χ2n) is 6.52. The van der Waals surface area contributed by atoms with E-state index >= 15 is 0 Å². The zero-order chi connectivity index (χ0) is 20.4. The zero-order valence-electron chi connectivity index (χ0n) is 15.6. The van der Waals surface area contributed by atoms with Crippen LogP contribution in [0.5, 0.6) is 0 Å². The lowest BCUT2D eigenvalue weighted by Gasteiger charge is -2.24. The van der Waals surface area contributed by atoms with Gasteiger partial charge >= 0.3 is 0 Å². The molecule has 0 heterocycles. The quantitative estimate of drug-likeness (QED) is 0.815. The molecule has 1 N–H and O–H groups in total. The summed E-state index contributed by atoms with van der Waals surface area (Å²) in [6, 6.07) is 8.19. The van der Waals surface area contributed by atoms with Gasteiger partial charge in [0.25, 0.3) is 0 Å². The van der Waals surface area contributed by atoms with Crippen molar-refractivity contribution in [3.63, 3.8) is 0 Å². The number of rotatable bonds is 6. The molecule has 0 saturated carbocycles. The first-order valence-electron chi connectivity index (χ1n) is 8.28. The highest BCUT2D eigenvalue weighted by atomic mass is 32.2. The number of sulfonamides is 1. The van der Waals surface area contributed by atoms with Crippen LogP contribution in [0.2, 0.25) is 0 Å². The Hall–Kier alpha value is -2.48. The SMILES string of the molecule is Cc1ccc(C)c([C@H](C)NC(=O)CN(c2ccc(F)c(F)c2)S(C)(=O)=O)c1. The molecule has 0 fully saturated rings. The number of carbonyl (C=O) groups excluding carboxylic acids is 1. The van der Waals surface area contributed by atoms with Crippen molar-refractivity contribution < 1.29 is 22.0 Å². The van der Waals surface area contributed by atoms with Crippen LogP contribution in [-0.2, 0) is 14.8 Å². The molecule has 2 aromatic rings. The van der Waals surface area contributed by atoms with Crippen LogP contribution in [0.15, 0.2) is 36.4 Å². The van der Waals surface area contributed by atoms with Gasteiger partial charge in [-0.3, -0.25) is 9.10 Å². The molecule has 0 saturated heterocycles. The van der Waals surface area contributed by atoms with E-state index in [1.165, 1.54) is 0 Å². The molecule has 0 aliphatic heterocycles. The number of halogens is 2. The first-order valence-corrected chi connectivity index (χ1v) is 10.1. The van der Waals surface area contributed by atoms with E-state index in [1.54, 1.807) is 6.92 Å². The number of aryl methyl sites for hydroxylation is 2. The van der Waals surface area contributed by atoms with Gasteiger partial charge in [-0.1, -0.05) is 23.8 Å². The molecule has 0 spiro atoms. The average molecular weight is 396 g/mol. The molecule has 146 valence electrons. The van der Waals surface area contributed by atoms with E-state index in [1.807, 2.05) is 32.0 Å². The van der Waals surface area contributed by atoms with Gasteiger partial charge in [0.15, 0.2) is 11.6 Å². The molecule has 1 atom stereocenters. The van der Waals surface area contributed by atoms with E-state index in [9.17, 15) is 22.0 Å². The van der Waals surface area contributed by atoms with E-state index in [0.717, 1.165) is 45.5 Å². The van der Waals surface area contributed by atoms with Crippen LogP contribution in [0, 0.1) is 25.5 Å². The number of anilines is 1. The average Bonchev–Trinajstić information content (AvgIpc) is 2.56. The Labute approximate surface area is 158 Å². The van der Waals surface area contributed by atoms with Crippen LogP contribution >= 0.6 is 0 Å². The van der Waals surface area contributed by atoms with Gasteiger partial charge in [-0.05, 0) is 44.0 Å². The summed E-state index contributed by atoms with van der Waals surface area (Å²) in [6.45, 7) is 5.11. The Balaban J connectivity index is 2.21. The fraction of sp³-hybridized carbons (Fsp3) is 0.316. The summed E-state index contributed by atoms with van der Waals surface area (Å²) in [5, 5.41) is 2.75. The van der Waals surface area contributed by atoms with Crippen LogP contribution in [-0.4, -0.2) is 27.1 Å². The third kappa shape index (κ3) is 5.26. The molecule has 5 nitrogen and oxygen atoms in total. The molecule has 0 aliphatic rings. The summed E-state index contributed by atoms with van der Waals surface area (Å²) in [6.07, 6.45) is 0.898. The van der Waals surface area contributed by atoms with E-state index in [4.69, 9.17) is 0 Å². The molecule has 8 heteroatoms. The number of benzene rings is 2. The maximum Gasteiger partial charge on any atom is 0.241 e. The van der Waals surface area contributed by atoms with Crippen LogP contribution < -0.4 is 9.62 Å². The molecule has 0 aliphatic carbocycles. The maximum absolute atomic E-state index is 13.5. The highest BCUT2D eigenvalue weighted by molar-refractivity contribution is 7.92. The van der Waals surface area contributed by atoms with Gasteiger partial charge in [0.1, 0.15) is 6.54 Å². The molecule has 0 aromatic heterocycles. The Morgan fingerprint density at radius 2 is 1.78 bits per heavy atom. The van der Waals surface area contributed by atoms with Gasteiger partial charge in [0.2, 0.25) is 15.9 Å². The molecular formula is C19H22F2N2O3S.